The van der Waals surface area contributed by atoms with Crippen LogP contribution in [0.15, 0.2) is 17.2 Å². The van der Waals surface area contributed by atoms with Gasteiger partial charge in [0.1, 0.15) is 0 Å². The Hall–Kier alpha value is -1.36. The van der Waals surface area contributed by atoms with Crippen molar-refractivity contribution in [3.05, 3.63) is 22.7 Å². The van der Waals surface area contributed by atoms with E-state index < -0.39 is 0 Å². The minimum Gasteiger partial charge on any atom is -0.349 e. The summed E-state index contributed by atoms with van der Waals surface area (Å²) in [6.45, 7) is 4.67. The van der Waals surface area contributed by atoms with Crippen LogP contribution < -0.4 is 15.8 Å². The van der Waals surface area contributed by atoms with Crippen LogP contribution in [0.5, 0.6) is 0 Å². The summed E-state index contributed by atoms with van der Waals surface area (Å²) in [4.78, 5) is 20.2. The third kappa shape index (κ3) is 1.77. The average molecular weight is 194 g/mol. The molecule has 1 aliphatic rings. The second-order valence-corrected chi connectivity index (χ2v) is 3.54. The van der Waals surface area contributed by atoms with Crippen LogP contribution in [0.3, 0.4) is 0 Å². The summed E-state index contributed by atoms with van der Waals surface area (Å²) in [5, 5.41) is 3.32. The van der Waals surface area contributed by atoms with Gasteiger partial charge in [-0.25, -0.2) is 4.98 Å². The van der Waals surface area contributed by atoms with Gasteiger partial charge in [-0.2, -0.15) is 0 Å². The van der Waals surface area contributed by atoms with Crippen LogP contribution in [0.2, 0.25) is 0 Å². The zero-order valence-corrected chi connectivity index (χ0v) is 8.16. The maximum absolute atomic E-state index is 11.4. The first-order valence-corrected chi connectivity index (χ1v) is 4.79. The maximum Gasteiger partial charge on any atom is 0.290 e. The predicted molar refractivity (Wildman–Crippen MR) is 54.5 cm³/mol. The van der Waals surface area contributed by atoms with E-state index in [4.69, 9.17) is 0 Å². The molecule has 0 bridgehead atoms. The van der Waals surface area contributed by atoms with Crippen LogP contribution in [0.25, 0.3) is 0 Å². The highest BCUT2D eigenvalue weighted by molar-refractivity contribution is 5.36. The van der Waals surface area contributed by atoms with E-state index in [-0.39, 0.29) is 5.56 Å². The molecule has 1 unspecified atom stereocenters. The van der Waals surface area contributed by atoms with E-state index in [2.05, 4.69) is 22.2 Å². The molecule has 0 aliphatic carbocycles. The average Bonchev–Trinajstić information content (AvgIpc) is 2.18. The third-order valence-electron chi connectivity index (χ3n) is 2.36. The first-order valence-electron chi connectivity index (χ1n) is 4.79. The molecule has 0 saturated carbocycles. The molecular formula is C9H14N4O. The molecule has 0 amide bonds. The summed E-state index contributed by atoms with van der Waals surface area (Å²) in [7, 11) is 0. The van der Waals surface area contributed by atoms with Gasteiger partial charge in [-0.15, -0.1) is 0 Å². The van der Waals surface area contributed by atoms with Crippen molar-refractivity contribution in [3.8, 4) is 0 Å². The minimum atomic E-state index is -0.110. The number of hydrogen-bond donors (Lipinski definition) is 2. The van der Waals surface area contributed by atoms with Gasteiger partial charge in [-0.3, -0.25) is 4.79 Å². The summed E-state index contributed by atoms with van der Waals surface area (Å²) in [6, 6.07) is 0.408. The van der Waals surface area contributed by atoms with Crippen molar-refractivity contribution in [1.82, 2.24) is 15.3 Å². The van der Waals surface area contributed by atoms with Crippen molar-refractivity contribution in [2.45, 2.75) is 13.0 Å². The van der Waals surface area contributed by atoms with E-state index >= 15 is 0 Å². The second kappa shape index (κ2) is 3.79. The number of H-pyrrole nitrogens is 1. The normalized spacial score (nSPS) is 22.4. The van der Waals surface area contributed by atoms with Crippen LogP contribution in [0, 0.1) is 0 Å². The topological polar surface area (TPSA) is 61.0 Å². The third-order valence-corrected chi connectivity index (χ3v) is 2.36. The highest BCUT2D eigenvalue weighted by Crippen LogP contribution is 2.05. The monoisotopic (exact) mass is 194 g/mol. The molecule has 76 valence electrons. The fourth-order valence-corrected chi connectivity index (χ4v) is 1.69. The molecule has 2 heterocycles. The van der Waals surface area contributed by atoms with Crippen molar-refractivity contribution in [2.75, 3.05) is 24.5 Å². The molecule has 1 aromatic heterocycles. The van der Waals surface area contributed by atoms with Crippen LogP contribution in [0.1, 0.15) is 6.92 Å². The maximum atomic E-state index is 11.4. The van der Waals surface area contributed by atoms with Gasteiger partial charge in [0, 0.05) is 38.1 Å². The number of nitrogens with one attached hydrogen (secondary N) is 2. The van der Waals surface area contributed by atoms with E-state index in [0.717, 1.165) is 19.6 Å². The standard InChI is InChI=1S/C9H14N4O/c1-7-6-13(5-4-10-7)8-9(14)12-3-2-11-8/h2-3,7,10H,4-6H2,1H3,(H,12,14). The largest absolute Gasteiger partial charge is 0.349 e. The van der Waals surface area contributed by atoms with Crippen LogP contribution >= 0.6 is 0 Å². The van der Waals surface area contributed by atoms with Gasteiger partial charge in [-0.05, 0) is 6.92 Å². The smallest absolute Gasteiger partial charge is 0.290 e. The van der Waals surface area contributed by atoms with E-state index in [9.17, 15) is 4.79 Å². The predicted octanol–water partition coefficient (Wildman–Crippen LogP) is -0.432. The fraction of sp³-hybridized carbons (Fsp3) is 0.556. The van der Waals surface area contributed by atoms with E-state index in [0.29, 0.717) is 11.9 Å². The molecule has 1 aliphatic heterocycles. The summed E-state index contributed by atoms with van der Waals surface area (Å²) in [5.41, 5.74) is -0.110. The lowest BCUT2D eigenvalue weighted by Gasteiger charge is -2.31. The second-order valence-electron chi connectivity index (χ2n) is 3.54. The van der Waals surface area contributed by atoms with E-state index in [1.807, 2.05) is 4.90 Å². The lowest BCUT2D eigenvalue weighted by Crippen LogP contribution is -2.50. The molecule has 5 heteroatoms. The molecule has 1 saturated heterocycles. The molecule has 2 N–H and O–H groups in total. The molecule has 0 aromatic carbocycles. The van der Waals surface area contributed by atoms with Gasteiger partial charge >= 0.3 is 0 Å². The van der Waals surface area contributed by atoms with Crippen molar-refractivity contribution in [1.29, 1.82) is 0 Å². The first kappa shape index (κ1) is 9.21. The number of anilines is 1. The minimum absolute atomic E-state index is 0.110. The zero-order valence-electron chi connectivity index (χ0n) is 8.16. The van der Waals surface area contributed by atoms with Gasteiger partial charge < -0.3 is 15.2 Å². The Balaban J connectivity index is 2.22. The summed E-state index contributed by atoms with van der Waals surface area (Å²) in [5.74, 6) is 0.529. The Morgan fingerprint density at radius 2 is 2.50 bits per heavy atom. The van der Waals surface area contributed by atoms with Gasteiger partial charge in [0.05, 0.1) is 0 Å². The molecule has 0 radical (unpaired) electrons. The van der Waals surface area contributed by atoms with Crippen LogP contribution in [-0.2, 0) is 0 Å². The Kier molecular flexibility index (Phi) is 2.49. The quantitative estimate of drug-likeness (QED) is 0.636. The van der Waals surface area contributed by atoms with Crippen molar-refractivity contribution >= 4 is 5.82 Å². The molecule has 0 spiro atoms. The van der Waals surface area contributed by atoms with Crippen LogP contribution in [-0.4, -0.2) is 35.6 Å². The zero-order chi connectivity index (χ0) is 9.97. The Labute approximate surface area is 82.2 Å². The summed E-state index contributed by atoms with van der Waals surface area (Å²) >= 11 is 0. The highest BCUT2D eigenvalue weighted by Gasteiger charge is 2.18. The lowest BCUT2D eigenvalue weighted by molar-refractivity contribution is 0.481. The fourth-order valence-electron chi connectivity index (χ4n) is 1.69. The van der Waals surface area contributed by atoms with Gasteiger partial charge in [0.2, 0.25) is 0 Å². The van der Waals surface area contributed by atoms with Crippen molar-refractivity contribution < 1.29 is 0 Å². The number of aromatic nitrogens is 2. The van der Waals surface area contributed by atoms with Gasteiger partial charge in [0.25, 0.3) is 5.56 Å². The van der Waals surface area contributed by atoms with Gasteiger partial charge in [0.15, 0.2) is 5.82 Å². The van der Waals surface area contributed by atoms with E-state index in [1.54, 1.807) is 12.4 Å². The van der Waals surface area contributed by atoms with Gasteiger partial charge in [-0.1, -0.05) is 0 Å². The number of nitrogens with zero attached hydrogens (tertiary/aromatic N) is 2. The summed E-state index contributed by atoms with van der Waals surface area (Å²) < 4.78 is 0. The molecule has 14 heavy (non-hydrogen) atoms. The lowest BCUT2D eigenvalue weighted by atomic mass is 10.2. The highest BCUT2D eigenvalue weighted by atomic mass is 16.1. The molecule has 1 aromatic rings. The van der Waals surface area contributed by atoms with Crippen molar-refractivity contribution in [2.24, 2.45) is 0 Å². The Morgan fingerprint density at radius 1 is 1.64 bits per heavy atom. The van der Waals surface area contributed by atoms with Crippen LogP contribution in [0.4, 0.5) is 5.82 Å². The first-order chi connectivity index (χ1) is 6.77. The number of hydrogen-bond acceptors (Lipinski definition) is 4. The number of aromatic amines is 1. The number of rotatable bonds is 1. The molecule has 2 rings (SSSR count). The molecular weight excluding hydrogens is 180 g/mol. The molecule has 1 atom stereocenters. The van der Waals surface area contributed by atoms with Crippen molar-refractivity contribution in [3.63, 3.8) is 0 Å². The number of piperazine rings is 1. The SMILES string of the molecule is CC1CN(c2ncc[nH]c2=O)CCN1. The molecule has 5 nitrogen and oxygen atoms in total. The van der Waals surface area contributed by atoms with E-state index in [1.165, 1.54) is 0 Å². The Bertz CT molecular complexity index is 362. The molecule has 1 fully saturated rings. The summed E-state index contributed by atoms with van der Waals surface area (Å²) in [6.07, 6.45) is 3.17. The Morgan fingerprint density at radius 3 is 3.21 bits per heavy atom.